The molecule has 0 aromatic heterocycles. The van der Waals surface area contributed by atoms with Crippen LogP contribution in [-0.4, -0.2) is 24.5 Å². The van der Waals surface area contributed by atoms with Crippen LogP contribution in [0.3, 0.4) is 0 Å². The maximum Gasteiger partial charge on any atom is -0.00160 e. The van der Waals surface area contributed by atoms with Gasteiger partial charge >= 0.3 is 0 Å². The third-order valence-electron chi connectivity index (χ3n) is 8.66. The molecule has 3 rings (SSSR count). The number of unbranched alkanes of at least 4 members (excludes halogenated alkanes) is 4. The summed E-state index contributed by atoms with van der Waals surface area (Å²) in [7, 11) is 0. The first kappa shape index (κ1) is 21.7. The largest absolute Gasteiger partial charge is 0.303 e. The molecule has 3 fully saturated rings. The van der Waals surface area contributed by atoms with Gasteiger partial charge in [-0.15, -0.1) is 0 Å². The Balaban J connectivity index is 1.33. The van der Waals surface area contributed by atoms with Gasteiger partial charge in [-0.25, -0.2) is 0 Å². The van der Waals surface area contributed by atoms with E-state index in [1.165, 1.54) is 90.3 Å². The third-order valence-corrected chi connectivity index (χ3v) is 8.66. The first-order valence-corrected chi connectivity index (χ1v) is 12.9. The van der Waals surface area contributed by atoms with E-state index in [4.69, 9.17) is 0 Å². The zero-order valence-electron chi connectivity index (χ0n) is 19.0. The van der Waals surface area contributed by atoms with E-state index in [1.807, 2.05) is 0 Å². The molecule has 27 heavy (non-hydrogen) atoms. The fraction of sp³-hybridized carbons (Fsp3) is 1.00. The molecule has 0 radical (unpaired) electrons. The third kappa shape index (κ3) is 5.74. The van der Waals surface area contributed by atoms with Crippen LogP contribution in [0.4, 0.5) is 0 Å². The predicted octanol–water partition coefficient (Wildman–Crippen LogP) is 7.69. The second-order valence-corrected chi connectivity index (χ2v) is 10.8. The Bertz CT molecular complexity index is 394. The van der Waals surface area contributed by atoms with Gasteiger partial charge < -0.3 is 4.90 Å². The van der Waals surface area contributed by atoms with Crippen molar-refractivity contribution in [2.24, 2.45) is 29.1 Å². The molecule has 0 aromatic rings. The Hall–Kier alpha value is -0.0400. The predicted molar refractivity (Wildman–Crippen MR) is 119 cm³/mol. The van der Waals surface area contributed by atoms with Gasteiger partial charge in [0, 0.05) is 0 Å². The van der Waals surface area contributed by atoms with Gasteiger partial charge in [0.05, 0.1) is 0 Å². The molecule has 1 unspecified atom stereocenters. The van der Waals surface area contributed by atoms with Crippen LogP contribution in [0.2, 0.25) is 0 Å². The molecule has 158 valence electrons. The maximum atomic E-state index is 2.74. The van der Waals surface area contributed by atoms with E-state index in [0.29, 0.717) is 0 Å². The monoisotopic (exact) mass is 375 g/mol. The molecular formula is C26H49N. The summed E-state index contributed by atoms with van der Waals surface area (Å²) in [6.07, 6.45) is 22.4. The van der Waals surface area contributed by atoms with Crippen molar-refractivity contribution in [2.75, 3.05) is 19.6 Å². The van der Waals surface area contributed by atoms with E-state index in [9.17, 15) is 0 Å². The molecule has 1 heterocycles. The van der Waals surface area contributed by atoms with Gasteiger partial charge in [0.15, 0.2) is 0 Å². The molecule has 2 saturated carbocycles. The van der Waals surface area contributed by atoms with Gasteiger partial charge in [-0.3, -0.25) is 0 Å². The summed E-state index contributed by atoms with van der Waals surface area (Å²) in [4.78, 5) is 2.74. The van der Waals surface area contributed by atoms with Crippen LogP contribution >= 0.6 is 0 Å². The summed E-state index contributed by atoms with van der Waals surface area (Å²) in [6.45, 7) is 11.2. The SMILES string of the molecule is CCCCCCC(CCC)C1CC2(C1)CC(C1CCN(CCCC)CC1)C2. The van der Waals surface area contributed by atoms with Crippen LogP contribution in [0.1, 0.15) is 117 Å². The lowest BCUT2D eigenvalue weighted by atomic mass is 9.44. The molecule has 3 aliphatic rings. The van der Waals surface area contributed by atoms with Crippen molar-refractivity contribution < 1.29 is 0 Å². The first-order chi connectivity index (χ1) is 13.2. The van der Waals surface area contributed by atoms with Crippen molar-refractivity contribution in [3.05, 3.63) is 0 Å². The standard InChI is InChI=1S/C26H49N/c1-4-7-9-10-12-22(11-6-3)24-18-26(19-24)20-25(21-26)23-13-16-27(17-14-23)15-8-5-2/h22-25H,4-21H2,1-3H3. The summed E-state index contributed by atoms with van der Waals surface area (Å²) < 4.78 is 0. The minimum Gasteiger partial charge on any atom is -0.303 e. The molecule has 1 heteroatoms. The molecule has 1 saturated heterocycles. The van der Waals surface area contributed by atoms with Gasteiger partial charge in [-0.1, -0.05) is 72.1 Å². The topological polar surface area (TPSA) is 3.24 Å². The number of rotatable bonds is 12. The highest BCUT2D eigenvalue weighted by Gasteiger charge is 2.55. The normalized spacial score (nSPS) is 33.0. The summed E-state index contributed by atoms with van der Waals surface area (Å²) in [5.74, 6) is 4.35. The summed E-state index contributed by atoms with van der Waals surface area (Å²) in [5.41, 5.74) is 0.837. The smallest absolute Gasteiger partial charge is 0.00160 e. The van der Waals surface area contributed by atoms with E-state index in [2.05, 4.69) is 25.7 Å². The lowest BCUT2D eigenvalue weighted by molar-refractivity contribution is -0.112. The van der Waals surface area contributed by atoms with Gasteiger partial charge in [-0.05, 0) is 93.7 Å². The number of hydrogen-bond acceptors (Lipinski definition) is 1. The highest BCUT2D eigenvalue weighted by atomic mass is 15.1. The molecular weight excluding hydrogens is 326 g/mol. The second kappa shape index (κ2) is 10.7. The first-order valence-electron chi connectivity index (χ1n) is 12.9. The second-order valence-electron chi connectivity index (χ2n) is 10.8. The number of hydrogen-bond donors (Lipinski definition) is 0. The minimum atomic E-state index is 0.837. The molecule has 1 nitrogen and oxygen atoms in total. The van der Waals surface area contributed by atoms with Crippen molar-refractivity contribution in [2.45, 2.75) is 117 Å². The van der Waals surface area contributed by atoms with Gasteiger partial charge in [-0.2, -0.15) is 0 Å². The molecule has 0 amide bonds. The number of nitrogens with zero attached hydrogens (tertiary/aromatic N) is 1. The van der Waals surface area contributed by atoms with Gasteiger partial charge in [0.2, 0.25) is 0 Å². The van der Waals surface area contributed by atoms with Crippen LogP contribution < -0.4 is 0 Å². The average Bonchev–Trinajstić information content (AvgIpc) is 2.62. The van der Waals surface area contributed by atoms with Crippen LogP contribution in [0, 0.1) is 29.1 Å². The van der Waals surface area contributed by atoms with Crippen LogP contribution in [0.15, 0.2) is 0 Å². The van der Waals surface area contributed by atoms with E-state index in [0.717, 1.165) is 29.1 Å². The Labute approximate surface area is 171 Å². The van der Waals surface area contributed by atoms with Crippen LogP contribution in [0.25, 0.3) is 0 Å². The lowest BCUT2D eigenvalue weighted by Crippen LogP contribution is -2.52. The minimum absolute atomic E-state index is 0.837. The van der Waals surface area contributed by atoms with Crippen molar-refractivity contribution >= 4 is 0 Å². The van der Waals surface area contributed by atoms with E-state index < -0.39 is 0 Å². The molecule has 2 aliphatic carbocycles. The van der Waals surface area contributed by atoms with Crippen molar-refractivity contribution in [1.82, 2.24) is 4.90 Å². The maximum absolute atomic E-state index is 2.74. The lowest BCUT2D eigenvalue weighted by Gasteiger charge is -2.62. The van der Waals surface area contributed by atoms with E-state index in [-0.39, 0.29) is 0 Å². The molecule has 1 spiro atoms. The molecule has 1 atom stereocenters. The highest BCUT2D eigenvalue weighted by molar-refractivity contribution is 5.05. The summed E-state index contributed by atoms with van der Waals surface area (Å²) in [5, 5.41) is 0. The number of piperidine rings is 1. The Morgan fingerprint density at radius 1 is 0.741 bits per heavy atom. The quantitative estimate of drug-likeness (QED) is 0.316. The molecule has 0 N–H and O–H groups in total. The summed E-state index contributed by atoms with van der Waals surface area (Å²) >= 11 is 0. The Kier molecular flexibility index (Phi) is 8.55. The molecule has 0 bridgehead atoms. The highest BCUT2D eigenvalue weighted by Crippen LogP contribution is 2.65. The summed E-state index contributed by atoms with van der Waals surface area (Å²) in [6, 6.07) is 0. The molecule has 1 aliphatic heterocycles. The van der Waals surface area contributed by atoms with E-state index >= 15 is 0 Å². The fourth-order valence-corrected chi connectivity index (χ4v) is 6.95. The average molecular weight is 376 g/mol. The Morgan fingerprint density at radius 3 is 2.07 bits per heavy atom. The Morgan fingerprint density at radius 2 is 1.44 bits per heavy atom. The molecule has 0 aromatic carbocycles. The zero-order valence-corrected chi connectivity index (χ0v) is 19.0. The zero-order chi connectivity index (χ0) is 19.1. The van der Waals surface area contributed by atoms with E-state index in [1.54, 1.807) is 25.7 Å². The van der Waals surface area contributed by atoms with Gasteiger partial charge in [0.25, 0.3) is 0 Å². The fourth-order valence-electron chi connectivity index (χ4n) is 6.95. The van der Waals surface area contributed by atoms with Gasteiger partial charge in [0.1, 0.15) is 0 Å². The van der Waals surface area contributed by atoms with Crippen LogP contribution in [-0.2, 0) is 0 Å². The van der Waals surface area contributed by atoms with Crippen molar-refractivity contribution in [1.29, 1.82) is 0 Å². The van der Waals surface area contributed by atoms with Crippen molar-refractivity contribution in [3.63, 3.8) is 0 Å². The van der Waals surface area contributed by atoms with Crippen LogP contribution in [0.5, 0.6) is 0 Å². The van der Waals surface area contributed by atoms with Crippen molar-refractivity contribution in [3.8, 4) is 0 Å². The number of likely N-dealkylation sites (tertiary alicyclic amines) is 1.